The highest BCUT2D eigenvalue weighted by Gasteiger charge is 2.22. The van der Waals surface area contributed by atoms with Crippen molar-refractivity contribution in [2.45, 2.75) is 25.8 Å². The molecule has 0 radical (unpaired) electrons. The molecule has 1 unspecified atom stereocenters. The smallest absolute Gasteiger partial charge is 0.125 e. The number of benzene rings is 2. The van der Waals surface area contributed by atoms with Crippen molar-refractivity contribution in [2.24, 2.45) is 0 Å². The molecule has 2 aromatic rings. The van der Waals surface area contributed by atoms with Crippen molar-refractivity contribution in [3.63, 3.8) is 0 Å². The zero-order valence-corrected chi connectivity index (χ0v) is 10.8. The van der Waals surface area contributed by atoms with E-state index in [-0.39, 0.29) is 11.9 Å². The summed E-state index contributed by atoms with van der Waals surface area (Å²) in [7, 11) is 0. The lowest BCUT2D eigenvalue weighted by Crippen LogP contribution is -2.08. The van der Waals surface area contributed by atoms with Crippen LogP contribution in [0.5, 0.6) is 5.75 Å². The number of hydrogen-bond acceptors (Lipinski definition) is 2. The van der Waals surface area contributed by atoms with E-state index in [1.54, 1.807) is 12.1 Å². The number of aromatic hydroxyl groups is 1. The summed E-state index contributed by atoms with van der Waals surface area (Å²) < 4.78 is 13.3. The second kappa shape index (κ2) is 4.57. The Morgan fingerprint density at radius 2 is 2.05 bits per heavy atom. The predicted molar refractivity (Wildman–Crippen MR) is 73.9 cm³/mol. The molecule has 0 heterocycles. The molecule has 0 fully saturated rings. The van der Waals surface area contributed by atoms with Crippen molar-refractivity contribution < 1.29 is 9.50 Å². The minimum Gasteiger partial charge on any atom is -0.508 e. The van der Waals surface area contributed by atoms with Gasteiger partial charge in [-0.25, -0.2) is 4.39 Å². The van der Waals surface area contributed by atoms with Crippen LogP contribution in [0.25, 0.3) is 0 Å². The molecule has 1 atom stereocenters. The third kappa shape index (κ3) is 2.28. The third-order valence-electron chi connectivity index (χ3n) is 3.73. The van der Waals surface area contributed by atoms with Crippen molar-refractivity contribution in [3.05, 3.63) is 58.9 Å². The van der Waals surface area contributed by atoms with E-state index in [1.165, 1.54) is 23.3 Å². The summed E-state index contributed by atoms with van der Waals surface area (Å²) in [4.78, 5) is 0. The summed E-state index contributed by atoms with van der Waals surface area (Å²) in [6, 6.07) is 10.5. The van der Waals surface area contributed by atoms with Gasteiger partial charge in [0.05, 0.1) is 6.04 Å². The van der Waals surface area contributed by atoms with Gasteiger partial charge in [0.1, 0.15) is 11.6 Å². The summed E-state index contributed by atoms with van der Waals surface area (Å²) in [5.41, 5.74) is 4.24. The van der Waals surface area contributed by atoms with E-state index in [0.29, 0.717) is 5.75 Å². The van der Waals surface area contributed by atoms with E-state index in [2.05, 4.69) is 5.32 Å². The zero-order valence-electron chi connectivity index (χ0n) is 10.8. The predicted octanol–water partition coefficient (Wildman–Crippen LogP) is 3.94. The van der Waals surface area contributed by atoms with Crippen molar-refractivity contribution in [1.82, 2.24) is 0 Å². The second-order valence-electron chi connectivity index (χ2n) is 5.08. The van der Waals surface area contributed by atoms with Crippen LogP contribution < -0.4 is 5.32 Å². The quantitative estimate of drug-likeness (QED) is 0.854. The lowest BCUT2D eigenvalue weighted by atomic mass is 10.1. The van der Waals surface area contributed by atoms with Crippen LogP contribution in [-0.4, -0.2) is 5.11 Å². The Bertz CT molecular complexity index is 624. The van der Waals surface area contributed by atoms with Gasteiger partial charge in [0.2, 0.25) is 0 Å². The van der Waals surface area contributed by atoms with E-state index < -0.39 is 0 Å². The number of halogens is 1. The number of rotatable bonds is 2. The topological polar surface area (TPSA) is 32.3 Å². The van der Waals surface area contributed by atoms with Gasteiger partial charge in [0.15, 0.2) is 0 Å². The Labute approximate surface area is 111 Å². The summed E-state index contributed by atoms with van der Waals surface area (Å²) in [6.07, 6.45) is 1.91. The lowest BCUT2D eigenvalue weighted by Gasteiger charge is -2.17. The lowest BCUT2D eigenvalue weighted by molar-refractivity contribution is 0.474. The van der Waals surface area contributed by atoms with Crippen molar-refractivity contribution in [2.75, 3.05) is 5.32 Å². The number of anilines is 1. The molecule has 0 amide bonds. The first-order valence-electron chi connectivity index (χ1n) is 6.48. The van der Waals surface area contributed by atoms with Gasteiger partial charge in [-0.05, 0) is 60.7 Å². The Hall–Kier alpha value is -2.03. The van der Waals surface area contributed by atoms with Crippen LogP contribution in [0.1, 0.15) is 29.2 Å². The number of nitrogens with one attached hydrogen (secondary N) is 1. The maximum atomic E-state index is 13.3. The van der Waals surface area contributed by atoms with Gasteiger partial charge in [-0.15, -0.1) is 0 Å². The van der Waals surface area contributed by atoms with Gasteiger partial charge in [-0.1, -0.05) is 12.1 Å². The Kier molecular flexibility index (Phi) is 2.90. The summed E-state index contributed by atoms with van der Waals surface area (Å²) in [5, 5.41) is 12.9. The van der Waals surface area contributed by atoms with Crippen LogP contribution in [0.4, 0.5) is 10.1 Å². The van der Waals surface area contributed by atoms with Gasteiger partial charge in [0, 0.05) is 5.69 Å². The van der Waals surface area contributed by atoms with Crippen LogP contribution in [0.2, 0.25) is 0 Å². The molecule has 0 bridgehead atoms. The maximum Gasteiger partial charge on any atom is 0.125 e. The fraction of sp³-hybridized carbons (Fsp3) is 0.250. The molecule has 0 aliphatic heterocycles. The molecule has 1 aliphatic carbocycles. The van der Waals surface area contributed by atoms with E-state index in [1.807, 2.05) is 19.1 Å². The molecular formula is C16H16FNO. The minimum absolute atomic E-state index is 0.191. The highest BCUT2D eigenvalue weighted by atomic mass is 19.1. The molecule has 3 rings (SSSR count). The molecule has 98 valence electrons. The van der Waals surface area contributed by atoms with Crippen LogP contribution in [-0.2, 0) is 6.42 Å². The molecule has 0 saturated carbocycles. The van der Waals surface area contributed by atoms with Gasteiger partial charge in [-0.3, -0.25) is 0 Å². The first kappa shape index (κ1) is 12.0. The third-order valence-corrected chi connectivity index (χ3v) is 3.73. The normalized spacial score (nSPS) is 17.3. The van der Waals surface area contributed by atoms with Gasteiger partial charge >= 0.3 is 0 Å². The van der Waals surface area contributed by atoms with E-state index in [4.69, 9.17) is 0 Å². The molecular weight excluding hydrogens is 241 g/mol. The minimum atomic E-state index is -0.225. The molecule has 2 nitrogen and oxygen atoms in total. The Morgan fingerprint density at radius 3 is 2.89 bits per heavy atom. The molecule has 2 N–H and O–H groups in total. The fourth-order valence-corrected chi connectivity index (χ4v) is 2.69. The molecule has 0 saturated heterocycles. The van der Waals surface area contributed by atoms with E-state index in [9.17, 15) is 9.50 Å². The number of aryl methyl sites for hydroxylation is 2. The van der Waals surface area contributed by atoms with Gasteiger partial charge in [0.25, 0.3) is 0 Å². The van der Waals surface area contributed by atoms with Crippen LogP contribution in [0, 0.1) is 12.7 Å². The monoisotopic (exact) mass is 257 g/mol. The maximum absolute atomic E-state index is 13.3. The Balaban J connectivity index is 1.88. The molecule has 0 aromatic heterocycles. The highest BCUT2D eigenvalue weighted by molar-refractivity contribution is 5.54. The van der Waals surface area contributed by atoms with Crippen LogP contribution in [0.15, 0.2) is 36.4 Å². The zero-order chi connectivity index (χ0) is 13.4. The van der Waals surface area contributed by atoms with E-state index >= 15 is 0 Å². The molecule has 19 heavy (non-hydrogen) atoms. The van der Waals surface area contributed by atoms with Crippen LogP contribution in [0.3, 0.4) is 0 Å². The number of hydrogen-bond donors (Lipinski definition) is 2. The molecule has 2 aromatic carbocycles. The van der Waals surface area contributed by atoms with Gasteiger partial charge in [-0.2, -0.15) is 0 Å². The molecule has 0 spiro atoms. The first-order chi connectivity index (χ1) is 9.13. The fourth-order valence-electron chi connectivity index (χ4n) is 2.69. The molecule has 1 aliphatic rings. The number of fused-ring (bicyclic) bond motifs is 1. The average Bonchev–Trinajstić information content (AvgIpc) is 2.76. The van der Waals surface area contributed by atoms with Gasteiger partial charge < -0.3 is 10.4 Å². The first-order valence-corrected chi connectivity index (χ1v) is 6.48. The second-order valence-corrected chi connectivity index (χ2v) is 5.08. The summed E-state index contributed by atoms with van der Waals surface area (Å²) in [6.45, 7) is 1.97. The Morgan fingerprint density at radius 1 is 1.21 bits per heavy atom. The molecule has 3 heteroatoms. The van der Waals surface area contributed by atoms with E-state index in [0.717, 1.165) is 24.1 Å². The van der Waals surface area contributed by atoms with Crippen molar-refractivity contribution in [3.8, 4) is 5.75 Å². The van der Waals surface area contributed by atoms with Crippen molar-refractivity contribution >= 4 is 5.69 Å². The SMILES string of the molecule is Cc1ccc(F)cc1NC1CCc2cc(O)ccc21. The highest BCUT2D eigenvalue weighted by Crippen LogP contribution is 2.36. The largest absolute Gasteiger partial charge is 0.508 e. The van der Waals surface area contributed by atoms with Crippen LogP contribution >= 0.6 is 0 Å². The summed E-state index contributed by atoms with van der Waals surface area (Å²) in [5.74, 6) is 0.0818. The standard InChI is InChI=1S/C16H16FNO/c1-10-2-4-12(17)9-16(10)18-15-7-3-11-8-13(19)5-6-14(11)15/h2,4-6,8-9,15,18-19H,3,7H2,1H3. The summed E-state index contributed by atoms with van der Waals surface area (Å²) >= 11 is 0. The van der Waals surface area contributed by atoms with Crippen molar-refractivity contribution in [1.29, 1.82) is 0 Å². The number of phenols is 1. The number of phenolic OH excluding ortho intramolecular Hbond substituents is 1. The average molecular weight is 257 g/mol.